The first kappa shape index (κ1) is 30.7. The summed E-state index contributed by atoms with van der Waals surface area (Å²) in [7, 11) is 5.80. The Bertz CT molecular complexity index is 1580. The summed E-state index contributed by atoms with van der Waals surface area (Å²) in [5.41, 5.74) is 5.94. The lowest BCUT2D eigenvalue weighted by Crippen LogP contribution is -2.29. The largest absolute Gasteiger partial charge is 0.487 e. The van der Waals surface area contributed by atoms with Crippen LogP contribution in [0.3, 0.4) is 0 Å². The van der Waals surface area contributed by atoms with Crippen LogP contribution >= 0.6 is 0 Å². The zero-order chi connectivity index (χ0) is 29.3. The second-order valence-corrected chi connectivity index (χ2v) is 11.0. The second kappa shape index (κ2) is 12.7. The van der Waals surface area contributed by atoms with E-state index in [0.717, 1.165) is 42.4 Å². The molecular weight excluding hydrogens is 534 g/mol. The summed E-state index contributed by atoms with van der Waals surface area (Å²) in [6, 6.07) is 9.67. The predicted octanol–water partition coefficient (Wildman–Crippen LogP) is 5.40. The highest BCUT2D eigenvalue weighted by molar-refractivity contribution is 5.98. The SMILES string of the molecule is C.Cc1cc(N(C)CCN(C)C)c([N+](=O)[O-])cc1Nc1ncc(OCC(C)O)c(-c2cn3c4c(cccc24)CCC3)n1. The Morgan fingerprint density at radius 3 is 2.74 bits per heavy atom. The fourth-order valence-corrected chi connectivity index (χ4v) is 5.24. The van der Waals surface area contributed by atoms with Gasteiger partial charge < -0.3 is 29.5 Å². The summed E-state index contributed by atoms with van der Waals surface area (Å²) in [5.74, 6) is 0.753. The number of aryl methyl sites for hydroxylation is 3. The molecule has 42 heavy (non-hydrogen) atoms. The number of aromatic nitrogens is 3. The van der Waals surface area contributed by atoms with Crippen molar-refractivity contribution in [2.24, 2.45) is 0 Å². The first-order valence-corrected chi connectivity index (χ1v) is 13.8. The number of likely N-dealkylation sites (N-methyl/N-ethyl adjacent to an activating group) is 2. The van der Waals surface area contributed by atoms with E-state index < -0.39 is 6.10 Å². The molecule has 0 amide bonds. The molecule has 4 aromatic rings. The molecule has 11 nitrogen and oxygen atoms in total. The summed E-state index contributed by atoms with van der Waals surface area (Å²) in [6.45, 7) is 6.00. The van der Waals surface area contributed by atoms with Gasteiger partial charge in [0, 0.05) is 49.9 Å². The molecule has 1 unspecified atom stereocenters. The fraction of sp³-hybridized carbons (Fsp3) is 0.419. The molecule has 0 spiro atoms. The second-order valence-electron chi connectivity index (χ2n) is 11.0. The number of nitrogens with zero attached hydrogens (tertiary/aromatic N) is 6. The third-order valence-corrected chi connectivity index (χ3v) is 7.38. The van der Waals surface area contributed by atoms with Gasteiger partial charge in [-0.15, -0.1) is 0 Å². The number of hydrogen-bond acceptors (Lipinski definition) is 9. The number of aliphatic hydroxyl groups is 1. The quantitative estimate of drug-likeness (QED) is 0.179. The van der Waals surface area contributed by atoms with Gasteiger partial charge in [-0.1, -0.05) is 25.6 Å². The van der Waals surface area contributed by atoms with Crippen LogP contribution in [0, 0.1) is 17.0 Å². The van der Waals surface area contributed by atoms with Crippen molar-refractivity contribution in [2.75, 3.05) is 51.1 Å². The Labute approximate surface area is 246 Å². The number of hydrogen-bond donors (Lipinski definition) is 2. The van der Waals surface area contributed by atoms with Gasteiger partial charge in [-0.3, -0.25) is 10.1 Å². The summed E-state index contributed by atoms with van der Waals surface area (Å²) in [4.78, 5) is 25.0. The van der Waals surface area contributed by atoms with Crippen LogP contribution in [0.25, 0.3) is 22.2 Å². The number of para-hydroxylation sites is 1. The van der Waals surface area contributed by atoms with Gasteiger partial charge in [0.05, 0.1) is 28.4 Å². The van der Waals surface area contributed by atoms with Gasteiger partial charge in [0.1, 0.15) is 18.0 Å². The molecule has 0 saturated carbocycles. The Kier molecular flexibility index (Phi) is 9.33. The van der Waals surface area contributed by atoms with Crippen LogP contribution in [0.1, 0.15) is 31.9 Å². The molecule has 5 rings (SSSR count). The molecule has 3 heterocycles. The van der Waals surface area contributed by atoms with Crippen molar-refractivity contribution in [3.63, 3.8) is 0 Å². The zero-order valence-corrected chi connectivity index (χ0v) is 24.2. The molecule has 1 aliphatic heterocycles. The van der Waals surface area contributed by atoms with Crippen LogP contribution < -0.4 is 15.0 Å². The van der Waals surface area contributed by atoms with E-state index in [1.165, 1.54) is 11.1 Å². The van der Waals surface area contributed by atoms with Crippen LogP contribution in [-0.2, 0) is 13.0 Å². The molecule has 0 bridgehead atoms. The molecule has 0 saturated heterocycles. The van der Waals surface area contributed by atoms with E-state index in [2.05, 4.69) is 39.3 Å². The van der Waals surface area contributed by atoms with Crippen molar-refractivity contribution in [3.8, 4) is 17.0 Å². The standard InChI is InChI=1S/C30H37N7O4.CH4/c1-19-14-25(35(5)13-12-34(3)4)26(37(39)40)15-24(19)32-30-31-16-27(41-18-20(2)38)28(33-30)23-17-36-11-7-9-21-8-6-10-22(23)29(21)36;/h6,8,10,14-17,20,38H,7,9,11-13,18H2,1-5H3,(H,31,32,33);1H4. The topological polar surface area (TPSA) is 122 Å². The van der Waals surface area contributed by atoms with Gasteiger partial charge >= 0.3 is 0 Å². The normalized spacial score (nSPS) is 13.1. The van der Waals surface area contributed by atoms with Crippen molar-refractivity contribution in [3.05, 3.63) is 64.0 Å². The summed E-state index contributed by atoms with van der Waals surface area (Å²) in [6.07, 6.45) is 5.13. The summed E-state index contributed by atoms with van der Waals surface area (Å²) >= 11 is 0. The van der Waals surface area contributed by atoms with Crippen molar-refractivity contribution in [1.29, 1.82) is 0 Å². The maximum atomic E-state index is 12.0. The van der Waals surface area contributed by atoms with E-state index in [9.17, 15) is 15.2 Å². The number of anilines is 3. The number of aliphatic hydroxyl groups excluding tert-OH is 1. The van der Waals surface area contributed by atoms with Crippen molar-refractivity contribution >= 4 is 33.9 Å². The van der Waals surface area contributed by atoms with Gasteiger partial charge in [-0.2, -0.15) is 0 Å². The summed E-state index contributed by atoms with van der Waals surface area (Å²) in [5, 5.41) is 26.2. The Balaban J connectivity index is 0.00000405. The molecular formula is C31H41N7O4. The third kappa shape index (κ3) is 6.32. The van der Waals surface area contributed by atoms with Crippen molar-refractivity contribution < 1.29 is 14.8 Å². The van der Waals surface area contributed by atoms with Gasteiger partial charge in [0.15, 0.2) is 5.75 Å². The van der Waals surface area contributed by atoms with Crippen LogP contribution in [0.5, 0.6) is 5.75 Å². The number of nitrogens with one attached hydrogen (secondary N) is 1. The number of nitro groups is 1. The number of benzene rings is 2. The average Bonchev–Trinajstić information content (AvgIpc) is 3.32. The Hall–Kier alpha value is -4.22. The Morgan fingerprint density at radius 1 is 1.24 bits per heavy atom. The lowest BCUT2D eigenvalue weighted by atomic mass is 10.0. The van der Waals surface area contributed by atoms with Crippen LogP contribution in [0.2, 0.25) is 0 Å². The number of rotatable bonds is 11. The van der Waals surface area contributed by atoms with E-state index in [1.807, 2.05) is 43.9 Å². The fourth-order valence-electron chi connectivity index (χ4n) is 5.24. The molecule has 0 radical (unpaired) electrons. The molecule has 2 aromatic carbocycles. The van der Waals surface area contributed by atoms with Crippen LogP contribution in [-0.4, -0.2) is 76.4 Å². The van der Waals surface area contributed by atoms with E-state index >= 15 is 0 Å². The third-order valence-electron chi connectivity index (χ3n) is 7.38. The average molecular weight is 576 g/mol. The van der Waals surface area contributed by atoms with E-state index in [0.29, 0.717) is 35.3 Å². The minimum absolute atomic E-state index is 0. The number of nitro benzene ring substituents is 1. The smallest absolute Gasteiger partial charge is 0.294 e. The molecule has 2 aromatic heterocycles. The van der Waals surface area contributed by atoms with E-state index in [4.69, 9.17) is 9.72 Å². The first-order valence-electron chi connectivity index (χ1n) is 13.8. The molecule has 1 aliphatic rings. The first-order chi connectivity index (χ1) is 19.6. The Morgan fingerprint density at radius 2 is 2.02 bits per heavy atom. The summed E-state index contributed by atoms with van der Waals surface area (Å²) < 4.78 is 8.20. The molecule has 2 N–H and O–H groups in total. The van der Waals surface area contributed by atoms with E-state index in [1.54, 1.807) is 19.2 Å². The predicted molar refractivity (Wildman–Crippen MR) is 168 cm³/mol. The van der Waals surface area contributed by atoms with Gasteiger partial charge in [-0.25, -0.2) is 9.97 Å². The number of ether oxygens (including phenoxy) is 1. The highest BCUT2D eigenvalue weighted by Gasteiger charge is 2.23. The monoisotopic (exact) mass is 575 g/mol. The molecule has 224 valence electrons. The van der Waals surface area contributed by atoms with Gasteiger partial charge in [0.2, 0.25) is 5.95 Å². The van der Waals surface area contributed by atoms with Crippen molar-refractivity contribution in [2.45, 2.75) is 46.8 Å². The molecule has 11 heteroatoms. The van der Waals surface area contributed by atoms with Gasteiger partial charge in [0.25, 0.3) is 5.69 Å². The minimum atomic E-state index is -0.659. The highest BCUT2D eigenvalue weighted by atomic mass is 16.6. The molecule has 0 fully saturated rings. The van der Waals surface area contributed by atoms with Gasteiger partial charge in [-0.05, 0) is 58.0 Å². The minimum Gasteiger partial charge on any atom is -0.487 e. The maximum absolute atomic E-state index is 12.0. The van der Waals surface area contributed by atoms with Crippen LogP contribution in [0.15, 0.2) is 42.7 Å². The highest BCUT2D eigenvalue weighted by Crippen LogP contribution is 2.39. The van der Waals surface area contributed by atoms with Crippen molar-refractivity contribution in [1.82, 2.24) is 19.4 Å². The van der Waals surface area contributed by atoms with Crippen LogP contribution in [0.4, 0.5) is 23.0 Å². The lowest BCUT2D eigenvalue weighted by Gasteiger charge is -2.22. The maximum Gasteiger partial charge on any atom is 0.294 e. The molecule has 1 atom stereocenters. The molecule has 0 aliphatic carbocycles. The van der Waals surface area contributed by atoms with E-state index in [-0.39, 0.29) is 24.6 Å². The lowest BCUT2D eigenvalue weighted by molar-refractivity contribution is -0.384. The zero-order valence-electron chi connectivity index (χ0n) is 24.2.